The lowest BCUT2D eigenvalue weighted by molar-refractivity contribution is 0.0729. The van der Waals surface area contributed by atoms with E-state index in [1.807, 2.05) is 0 Å². The third-order valence-corrected chi connectivity index (χ3v) is 5.05. The standard InChI is InChI=1S/C18H13Cl2N3O3S2/c1-10-21-16(9-28-10)17(24)26-15-4-2-14(3-5-15)23(27)18(25)22-13-7-11(19)6-12(20)8-13/h2-9,27H,1H3,(H,22,25). The molecule has 2 aromatic carbocycles. The number of amides is 2. The molecule has 0 fully saturated rings. The van der Waals surface area contributed by atoms with Crippen LogP contribution in [0, 0.1) is 6.92 Å². The van der Waals surface area contributed by atoms with Crippen LogP contribution in [0.5, 0.6) is 5.75 Å². The van der Waals surface area contributed by atoms with Gasteiger partial charge in [-0.25, -0.2) is 18.9 Å². The van der Waals surface area contributed by atoms with E-state index in [4.69, 9.17) is 27.9 Å². The van der Waals surface area contributed by atoms with E-state index in [0.717, 1.165) is 9.31 Å². The predicted molar refractivity (Wildman–Crippen MR) is 115 cm³/mol. The number of thiol groups is 1. The summed E-state index contributed by atoms with van der Waals surface area (Å²) in [6.07, 6.45) is 0. The van der Waals surface area contributed by atoms with Gasteiger partial charge in [-0.15, -0.1) is 11.3 Å². The summed E-state index contributed by atoms with van der Waals surface area (Å²) in [5.74, 6) is -0.224. The van der Waals surface area contributed by atoms with Gasteiger partial charge < -0.3 is 10.1 Å². The number of rotatable bonds is 4. The molecule has 0 radical (unpaired) electrons. The minimum atomic E-state index is -0.546. The number of halogens is 2. The van der Waals surface area contributed by atoms with E-state index in [-0.39, 0.29) is 5.69 Å². The maximum atomic E-state index is 12.3. The van der Waals surface area contributed by atoms with Gasteiger partial charge >= 0.3 is 12.0 Å². The second kappa shape index (κ2) is 8.83. The molecule has 28 heavy (non-hydrogen) atoms. The van der Waals surface area contributed by atoms with Crippen LogP contribution in [0.15, 0.2) is 47.8 Å². The van der Waals surface area contributed by atoms with Gasteiger partial charge in [0.15, 0.2) is 5.69 Å². The van der Waals surface area contributed by atoms with Gasteiger partial charge in [0.05, 0.1) is 10.7 Å². The number of hydrogen-bond donors (Lipinski definition) is 2. The molecule has 0 saturated carbocycles. The van der Waals surface area contributed by atoms with Crippen LogP contribution in [-0.2, 0) is 0 Å². The SMILES string of the molecule is Cc1nc(C(=O)Oc2ccc(N(S)C(=O)Nc3cc(Cl)cc(Cl)c3)cc2)cs1. The van der Waals surface area contributed by atoms with Crippen molar-refractivity contribution in [2.45, 2.75) is 6.92 Å². The van der Waals surface area contributed by atoms with Crippen molar-refractivity contribution >= 4 is 70.7 Å². The first-order valence-electron chi connectivity index (χ1n) is 7.82. The molecule has 1 aromatic heterocycles. The summed E-state index contributed by atoms with van der Waals surface area (Å²) in [6.45, 7) is 1.81. The Morgan fingerprint density at radius 3 is 2.36 bits per heavy atom. The van der Waals surface area contributed by atoms with E-state index in [0.29, 0.717) is 27.2 Å². The van der Waals surface area contributed by atoms with Crippen LogP contribution in [0.3, 0.4) is 0 Å². The van der Waals surface area contributed by atoms with Crippen molar-refractivity contribution in [3.63, 3.8) is 0 Å². The fourth-order valence-corrected chi connectivity index (χ4v) is 3.48. The number of nitrogens with zero attached hydrogens (tertiary/aromatic N) is 2. The van der Waals surface area contributed by atoms with Gasteiger partial charge in [0, 0.05) is 21.1 Å². The minimum absolute atomic E-state index is 0.252. The second-order valence-corrected chi connectivity index (χ2v) is 7.87. The molecule has 0 spiro atoms. The highest BCUT2D eigenvalue weighted by atomic mass is 35.5. The number of aryl methyl sites for hydroxylation is 1. The fraction of sp³-hybridized carbons (Fsp3) is 0.0556. The number of urea groups is 1. The number of anilines is 2. The van der Waals surface area contributed by atoms with Gasteiger partial charge in [0.25, 0.3) is 0 Å². The summed E-state index contributed by atoms with van der Waals surface area (Å²) in [5.41, 5.74) is 1.16. The van der Waals surface area contributed by atoms with Crippen molar-refractivity contribution in [2.24, 2.45) is 0 Å². The van der Waals surface area contributed by atoms with E-state index in [1.165, 1.54) is 11.3 Å². The van der Waals surface area contributed by atoms with Crippen molar-refractivity contribution in [2.75, 3.05) is 9.62 Å². The molecule has 0 unspecified atom stereocenters. The van der Waals surface area contributed by atoms with Crippen LogP contribution in [0.2, 0.25) is 10.0 Å². The Balaban J connectivity index is 1.64. The second-order valence-electron chi connectivity index (χ2n) is 5.54. The van der Waals surface area contributed by atoms with Gasteiger partial charge in [0.2, 0.25) is 0 Å². The molecule has 0 saturated heterocycles. The Morgan fingerprint density at radius 1 is 1.14 bits per heavy atom. The number of ether oxygens (including phenoxy) is 1. The Hall–Kier alpha value is -2.26. The number of carbonyl (C=O) groups excluding carboxylic acids is 2. The first kappa shape index (κ1) is 20.5. The van der Waals surface area contributed by atoms with Crippen LogP contribution in [-0.4, -0.2) is 17.0 Å². The molecule has 1 N–H and O–H groups in total. The molecule has 0 aliphatic rings. The Bertz CT molecular complexity index is 1000. The molecule has 0 bridgehead atoms. The highest BCUT2D eigenvalue weighted by Crippen LogP contribution is 2.25. The van der Waals surface area contributed by atoms with Crippen LogP contribution < -0.4 is 14.4 Å². The monoisotopic (exact) mass is 453 g/mol. The molecule has 0 atom stereocenters. The summed E-state index contributed by atoms with van der Waals surface area (Å²) >= 11 is 17.4. The largest absolute Gasteiger partial charge is 0.422 e. The number of nitrogens with one attached hydrogen (secondary N) is 1. The third-order valence-electron chi connectivity index (χ3n) is 3.43. The molecule has 1 heterocycles. The van der Waals surface area contributed by atoms with E-state index >= 15 is 0 Å². The number of aromatic nitrogens is 1. The summed E-state index contributed by atoms with van der Waals surface area (Å²) in [7, 11) is 0. The molecule has 3 aromatic rings. The minimum Gasteiger partial charge on any atom is -0.422 e. The Morgan fingerprint density at radius 2 is 1.79 bits per heavy atom. The van der Waals surface area contributed by atoms with Crippen molar-refractivity contribution < 1.29 is 14.3 Å². The average molecular weight is 454 g/mol. The van der Waals surface area contributed by atoms with E-state index in [2.05, 4.69) is 23.1 Å². The highest BCUT2D eigenvalue weighted by molar-refractivity contribution is 7.82. The third kappa shape index (κ3) is 5.17. The Kier molecular flexibility index (Phi) is 6.46. The molecule has 10 heteroatoms. The zero-order chi connectivity index (χ0) is 20.3. The van der Waals surface area contributed by atoms with Crippen LogP contribution in [0.1, 0.15) is 15.5 Å². The van der Waals surface area contributed by atoms with Gasteiger partial charge in [-0.1, -0.05) is 36.0 Å². The van der Waals surface area contributed by atoms with Crippen LogP contribution >= 0.6 is 47.4 Å². The summed E-state index contributed by atoms with van der Waals surface area (Å²) in [5, 5.41) is 5.85. The van der Waals surface area contributed by atoms with Gasteiger partial charge in [-0.2, -0.15) is 0 Å². The lowest BCUT2D eigenvalue weighted by Gasteiger charge is -2.17. The van der Waals surface area contributed by atoms with Crippen molar-refractivity contribution in [1.82, 2.24) is 4.98 Å². The lowest BCUT2D eigenvalue weighted by Crippen LogP contribution is -2.26. The molecular formula is C18H13Cl2N3O3S2. The highest BCUT2D eigenvalue weighted by Gasteiger charge is 2.15. The van der Waals surface area contributed by atoms with E-state index in [1.54, 1.807) is 54.8 Å². The number of thiazole rings is 1. The number of hydrogen-bond acceptors (Lipinski definition) is 6. The summed E-state index contributed by atoms with van der Waals surface area (Å²) in [6, 6.07) is 10.5. The van der Waals surface area contributed by atoms with Crippen LogP contribution in [0.4, 0.5) is 16.2 Å². The van der Waals surface area contributed by atoms with Crippen molar-refractivity contribution in [1.29, 1.82) is 0 Å². The van der Waals surface area contributed by atoms with Gasteiger partial charge in [-0.05, 0) is 49.4 Å². The predicted octanol–water partition coefficient (Wildman–Crippen LogP) is 5.86. The van der Waals surface area contributed by atoms with Crippen molar-refractivity contribution in [3.8, 4) is 5.75 Å². The average Bonchev–Trinajstić information content (AvgIpc) is 3.07. The zero-order valence-corrected chi connectivity index (χ0v) is 17.6. The molecular weight excluding hydrogens is 441 g/mol. The van der Waals surface area contributed by atoms with Gasteiger partial charge in [-0.3, -0.25) is 0 Å². The summed E-state index contributed by atoms with van der Waals surface area (Å²) in [4.78, 5) is 28.4. The molecule has 144 valence electrons. The lowest BCUT2D eigenvalue weighted by atomic mass is 10.3. The fourth-order valence-electron chi connectivity index (χ4n) is 2.19. The first-order chi connectivity index (χ1) is 13.3. The Labute approximate surface area is 180 Å². The van der Waals surface area contributed by atoms with E-state index < -0.39 is 12.0 Å². The molecule has 0 aliphatic heterocycles. The number of benzene rings is 2. The molecule has 6 nitrogen and oxygen atoms in total. The maximum absolute atomic E-state index is 12.3. The molecule has 3 rings (SSSR count). The first-order valence-corrected chi connectivity index (χ1v) is 9.86. The normalized spacial score (nSPS) is 10.4. The van der Waals surface area contributed by atoms with E-state index in [9.17, 15) is 9.59 Å². The quantitative estimate of drug-likeness (QED) is 0.294. The summed E-state index contributed by atoms with van der Waals surface area (Å²) < 4.78 is 6.36. The smallest absolute Gasteiger partial charge is 0.363 e. The number of carbonyl (C=O) groups is 2. The maximum Gasteiger partial charge on any atom is 0.363 e. The molecule has 0 aliphatic carbocycles. The van der Waals surface area contributed by atoms with Crippen LogP contribution in [0.25, 0.3) is 0 Å². The molecule has 2 amide bonds. The number of esters is 1. The van der Waals surface area contributed by atoms with Crippen molar-refractivity contribution in [3.05, 3.63) is 68.6 Å². The topological polar surface area (TPSA) is 71.5 Å². The zero-order valence-electron chi connectivity index (χ0n) is 14.3. The van der Waals surface area contributed by atoms with Gasteiger partial charge in [0.1, 0.15) is 5.75 Å².